The van der Waals surface area contributed by atoms with Gasteiger partial charge in [-0.3, -0.25) is 0 Å². The molecule has 0 unspecified atom stereocenters. The standard InChI is InChI=1S/C16H14ClF2NS/c17-13-3-1-2-10(9-20-12-5-6-12)16(13)21-15-8-11(18)4-7-14(15)19/h1-4,7-8,12,20H,5-6,9H2. The molecule has 0 bridgehead atoms. The lowest BCUT2D eigenvalue weighted by Crippen LogP contribution is -2.15. The Morgan fingerprint density at radius 2 is 2.00 bits per heavy atom. The van der Waals surface area contributed by atoms with Crippen molar-refractivity contribution >= 4 is 23.4 Å². The summed E-state index contributed by atoms with van der Waals surface area (Å²) in [4.78, 5) is 1.02. The van der Waals surface area contributed by atoms with Gasteiger partial charge in [0, 0.05) is 17.5 Å². The van der Waals surface area contributed by atoms with Crippen molar-refractivity contribution in [1.82, 2.24) is 5.32 Å². The Bertz CT molecular complexity index is 659. The van der Waals surface area contributed by atoms with E-state index >= 15 is 0 Å². The molecule has 1 aliphatic carbocycles. The summed E-state index contributed by atoms with van der Waals surface area (Å²) in [5, 5.41) is 3.97. The molecule has 110 valence electrons. The molecule has 0 atom stereocenters. The predicted octanol–water partition coefficient (Wildman–Crippen LogP) is 5.02. The van der Waals surface area contributed by atoms with E-state index < -0.39 is 11.6 Å². The molecule has 21 heavy (non-hydrogen) atoms. The van der Waals surface area contributed by atoms with Crippen LogP contribution in [0.25, 0.3) is 0 Å². The molecule has 3 rings (SSSR count). The van der Waals surface area contributed by atoms with Crippen LogP contribution in [0.15, 0.2) is 46.2 Å². The molecule has 1 fully saturated rings. The van der Waals surface area contributed by atoms with Crippen molar-refractivity contribution in [3.8, 4) is 0 Å². The highest BCUT2D eigenvalue weighted by Crippen LogP contribution is 2.37. The van der Waals surface area contributed by atoms with E-state index in [1.165, 1.54) is 30.7 Å². The molecule has 2 aromatic carbocycles. The molecular formula is C16H14ClF2NS. The highest BCUT2D eigenvalue weighted by Gasteiger charge is 2.21. The van der Waals surface area contributed by atoms with Crippen LogP contribution in [0.3, 0.4) is 0 Å². The van der Waals surface area contributed by atoms with Crippen LogP contribution in [0.1, 0.15) is 18.4 Å². The summed E-state index contributed by atoms with van der Waals surface area (Å²) in [6.45, 7) is 0.685. The fourth-order valence-electron chi connectivity index (χ4n) is 2.01. The molecule has 1 nitrogen and oxygen atoms in total. The average Bonchev–Trinajstić information content (AvgIpc) is 3.27. The quantitative estimate of drug-likeness (QED) is 0.828. The maximum absolute atomic E-state index is 13.8. The van der Waals surface area contributed by atoms with Gasteiger partial charge in [-0.05, 0) is 42.7 Å². The summed E-state index contributed by atoms with van der Waals surface area (Å²) in [6, 6.07) is 9.62. The third-order valence-corrected chi connectivity index (χ3v) is 4.96. The van der Waals surface area contributed by atoms with E-state index in [0.717, 1.165) is 22.6 Å². The molecule has 0 saturated heterocycles. The third-order valence-electron chi connectivity index (χ3n) is 3.31. The van der Waals surface area contributed by atoms with Crippen molar-refractivity contribution in [3.63, 3.8) is 0 Å². The van der Waals surface area contributed by atoms with Gasteiger partial charge in [-0.15, -0.1) is 0 Å². The van der Waals surface area contributed by atoms with Gasteiger partial charge in [0.1, 0.15) is 11.6 Å². The molecule has 1 saturated carbocycles. The molecular weight excluding hydrogens is 312 g/mol. The minimum absolute atomic E-state index is 0.246. The smallest absolute Gasteiger partial charge is 0.137 e. The fraction of sp³-hybridized carbons (Fsp3) is 0.250. The Balaban J connectivity index is 1.87. The van der Waals surface area contributed by atoms with Crippen molar-refractivity contribution in [2.75, 3.05) is 0 Å². The summed E-state index contributed by atoms with van der Waals surface area (Å²) in [5.41, 5.74) is 1.00. The van der Waals surface area contributed by atoms with Crippen LogP contribution in [-0.2, 0) is 6.54 Å². The zero-order chi connectivity index (χ0) is 14.8. The van der Waals surface area contributed by atoms with Gasteiger partial charge >= 0.3 is 0 Å². The second kappa shape index (κ2) is 6.34. The number of nitrogens with one attached hydrogen (secondary N) is 1. The summed E-state index contributed by atoms with van der Waals surface area (Å²) in [7, 11) is 0. The van der Waals surface area contributed by atoms with Crippen molar-refractivity contribution in [1.29, 1.82) is 0 Å². The Morgan fingerprint density at radius 3 is 2.76 bits per heavy atom. The van der Waals surface area contributed by atoms with E-state index in [9.17, 15) is 8.78 Å². The lowest BCUT2D eigenvalue weighted by atomic mass is 10.2. The first-order chi connectivity index (χ1) is 10.1. The van der Waals surface area contributed by atoms with Gasteiger partial charge in [0.05, 0.1) is 9.92 Å². The van der Waals surface area contributed by atoms with Crippen molar-refractivity contribution in [2.45, 2.75) is 35.2 Å². The van der Waals surface area contributed by atoms with Crippen LogP contribution in [0.2, 0.25) is 5.02 Å². The van der Waals surface area contributed by atoms with Gasteiger partial charge in [-0.1, -0.05) is 35.5 Å². The molecule has 0 aromatic heterocycles. The second-order valence-electron chi connectivity index (χ2n) is 5.06. The number of halogens is 3. The van der Waals surface area contributed by atoms with Gasteiger partial charge in [-0.2, -0.15) is 0 Å². The molecule has 0 radical (unpaired) electrons. The Kier molecular flexibility index (Phi) is 4.48. The summed E-state index contributed by atoms with van der Waals surface area (Å²) >= 11 is 7.40. The number of benzene rings is 2. The third kappa shape index (κ3) is 3.76. The lowest BCUT2D eigenvalue weighted by Gasteiger charge is -2.12. The SMILES string of the molecule is Fc1ccc(F)c(Sc2c(Cl)cccc2CNC2CC2)c1. The Morgan fingerprint density at radius 1 is 1.19 bits per heavy atom. The molecule has 5 heteroatoms. The lowest BCUT2D eigenvalue weighted by molar-refractivity contribution is 0.577. The summed E-state index contributed by atoms with van der Waals surface area (Å²) < 4.78 is 27.1. The second-order valence-corrected chi connectivity index (χ2v) is 6.52. The van der Waals surface area contributed by atoms with E-state index in [0.29, 0.717) is 17.6 Å². The predicted molar refractivity (Wildman–Crippen MR) is 81.8 cm³/mol. The highest BCUT2D eigenvalue weighted by molar-refractivity contribution is 7.99. The Hall–Kier alpha value is -1.10. The average molecular weight is 326 g/mol. The normalized spacial score (nSPS) is 14.4. The minimum atomic E-state index is -0.455. The van der Waals surface area contributed by atoms with Crippen LogP contribution in [0.4, 0.5) is 8.78 Å². The van der Waals surface area contributed by atoms with E-state index in [2.05, 4.69) is 5.32 Å². The molecule has 1 aliphatic rings. The molecule has 0 amide bonds. The van der Waals surface area contributed by atoms with Crippen LogP contribution in [-0.4, -0.2) is 6.04 Å². The van der Waals surface area contributed by atoms with Gasteiger partial charge in [0.15, 0.2) is 0 Å². The number of hydrogen-bond acceptors (Lipinski definition) is 2. The minimum Gasteiger partial charge on any atom is -0.310 e. The molecule has 0 aliphatic heterocycles. The number of rotatable bonds is 5. The van der Waals surface area contributed by atoms with E-state index in [4.69, 9.17) is 11.6 Å². The van der Waals surface area contributed by atoms with Crippen molar-refractivity contribution < 1.29 is 8.78 Å². The Labute approximate surface area is 131 Å². The summed E-state index contributed by atoms with van der Waals surface area (Å²) in [5.74, 6) is -0.897. The zero-order valence-electron chi connectivity index (χ0n) is 11.2. The largest absolute Gasteiger partial charge is 0.310 e. The van der Waals surface area contributed by atoms with Crippen LogP contribution in [0, 0.1) is 11.6 Å². The molecule has 1 N–H and O–H groups in total. The molecule has 2 aromatic rings. The van der Waals surface area contributed by atoms with Crippen LogP contribution >= 0.6 is 23.4 Å². The van der Waals surface area contributed by atoms with Crippen molar-refractivity contribution in [2.24, 2.45) is 0 Å². The number of hydrogen-bond donors (Lipinski definition) is 1. The molecule has 0 heterocycles. The summed E-state index contributed by atoms with van der Waals surface area (Å²) in [6.07, 6.45) is 2.39. The van der Waals surface area contributed by atoms with Gasteiger partial charge in [-0.25, -0.2) is 8.78 Å². The van der Waals surface area contributed by atoms with Gasteiger partial charge < -0.3 is 5.32 Å². The van der Waals surface area contributed by atoms with E-state index in [1.54, 1.807) is 6.07 Å². The van der Waals surface area contributed by atoms with Gasteiger partial charge in [0.2, 0.25) is 0 Å². The highest BCUT2D eigenvalue weighted by atomic mass is 35.5. The van der Waals surface area contributed by atoms with Gasteiger partial charge in [0.25, 0.3) is 0 Å². The first-order valence-corrected chi connectivity index (χ1v) is 7.96. The first-order valence-electron chi connectivity index (χ1n) is 6.77. The maximum atomic E-state index is 13.8. The molecule has 0 spiro atoms. The van der Waals surface area contributed by atoms with Crippen LogP contribution < -0.4 is 5.32 Å². The van der Waals surface area contributed by atoms with E-state index in [-0.39, 0.29) is 4.90 Å². The first kappa shape index (κ1) is 14.8. The monoisotopic (exact) mass is 325 g/mol. The zero-order valence-corrected chi connectivity index (χ0v) is 12.8. The topological polar surface area (TPSA) is 12.0 Å². The maximum Gasteiger partial charge on any atom is 0.137 e. The van der Waals surface area contributed by atoms with Crippen molar-refractivity contribution in [3.05, 3.63) is 58.6 Å². The van der Waals surface area contributed by atoms with Crippen LogP contribution in [0.5, 0.6) is 0 Å². The fourth-order valence-corrected chi connectivity index (χ4v) is 3.32. The van der Waals surface area contributed by atoms with E-state index in [1.807, 2.05) is 12.1 Å².